The van der Waals surface area contributed by atoms with Gasteiger partial charge in [0.05, 0.1) is 5.69 Å². The van der Waals surface area contributed by atoms with Crippen LogP contribution < -0.4 is 0 Å². The van der Waals surface area contributed by atoms with E-state index in [9.17, 15) is 0 Å². The molecule has 0 saturated carbocycles. The normalized spacial score (nSPS) is 9.18. The van der Waals surface area contributed by atoms with Crippen molar-refractivity contribution in [3.05, 3.63) is 42.7 Å². The molecule has 0 aromatic carbocycles. The highest BCUT2D eigenvalue weighted by Crippen LogP contribution is 2.14. The van der Waals surface area contributed by atoms with Gasteiger partial charge in [0.1, 0.15) is 0 Å². The average Bonchev–Trinajstić information content (AvgIpc) is 2.04. The Morgan fingerprint density at radius 1 is 1.64 bits per heavy atom. The van der Waals surface area contributed by atoms with Gasteiger partial charge in [-0.3, -0.25) is 4.98 Å². The lowest BCUT2D eigenvalue weighted by molar-refractivity contribution is 1.26. The molecule has 0 amide bonds. The van der Waals surface area contributed by atoms with Crippen LogP contribution in [0.1, 0.15) is 18.2 Å². The fraction of sp³-hybridized carbons (Fsp3) is 0.100. The Morgan fingerprint density at radius 2 is 2.36 bits per heavy atom. The van der Waals surface area contributed by atoms with Gasteiger partial charge in [0.2, 0.25) is 0 Å². The fourth-order valence-electron chi connectivity index (χ4n) is 0.939. The van der Waals surface area contributed by atoms with E-state index in [4.69, 9.17) is 0 Å². The van der Waals surface area contributed by atoms with Gasteiger partial charge in [-0.1, -0.05) is 25.3 Å². The largest absolute Gasteiger partial charge is 0.256 e. The molecule has 0 fully saturated rings. The van der Waals surface area contributed by atoms with Crippen molar-refractivity contribution in [2.75, 3.05) is 0 Å². The minimum atomic E-state index is 0.933. The number of nitrogens with zero attached hydrogens (tertiary/aromatic N) is 1. The van der Waals surface area contributed by atoms with Gasteiger partial charge in [-0.25, -0.2) is 0 Å². The highest BCUT2D eigenvalue weighted by molar-refractivity contribution is 5.68. The molecule has 1 heteroatoms. The first-order valence-corrected chi connectivity index (χ1v) is 3.49. The molecule has 1 heterocycles. The summed E-state index contributed by atoms with van der Waals surface area (Å²) in [4.78, 5) is 4.18. The quantitative estimate of drug-likeness (QED) is 0.623. The van der Waals surface area contributed by atoms with Crippen LogP contribution in [0.2, 0.25) is 0 Å². The molecule has 1 aromatic heterocycles. The third-order valence-corrected chi connectivity index (χ3v) is 1.46. The van der Waals surface area contributed by atoms with Gasteiger partial charge < -0.3 is 0 Å². The molecular weight excluding hydrogens is 134 g/mol. The molecule has 0 saturated heterocycles. The second kappa shape index (κ2) is 3.15. The lowest BCUT2D eigenvalue weighted by Crippen LogP contribution is -1.87. The van der Waals surface area contributed by atoms with Crippen LogP contribution in [0.4, 0.5) is 0 Å². The van der Waals surface area contributed by atoms with Crippen molar-refractivity contribution >= 4 is 11.6 Å². The predicted molar refractivity (Wildman–Crippen MR) is 49.0 cm³/mol. The fourth-order valence-corrected chi connectivity index (χ4v) is 0.939. The van der Waals surface area contributed by atoms with E-state index in [0.717, 1.165) is 16.8 Å². The molecule has 0 N–H and O–H groups in total. The van der Waals surface area contributed by atoms with E-state index in [1.807, 2.05) is 19.1 Å². The van der Waals surface area contributed by atoms with E-state index in [1.54, 1.807) is 12.3 Å². The summed E-state index contributed by atoms with van der Waals surface area (Å²) in [5.74, 6) is 0. The zero-order valence-electron chi connectivity index (χ0n) is 6.67. The van der Waals surface area contributed by atoms with E-state index < -0.39 is 0 Å². The van der Waals surface area contributed by atoms with Crippen molar-refractivity contribution in [1.29, 1.82) is 0 Å². The number of hydrogen-bond acceptors (Lipinski definition) is 1. The monoisotopic (exact) mass is 145 g/mol. The first-order valence-electron chi connectivity index (χ1n) is 3.49. The first kappa shape index (κ1) is 7.73. The minimum absolute atomic E-state index is 0.933. The lowest BCUT2D eigenvalue weighted by atomic mass is 10.1. The van der Waals surface area contributed by atoms with Gasteiger partial charge in [-0.05, 0) is 24.1 Å². The Hall–Kier alpha value is -1.37. The van der Waals surface area contributed by atoms with E-state index in [0.29, 0.717) is 0 Å². The van der Waals surface area contributed by atoms with Crippen LogP contribution in [0.3, 0.4) is 0 Å². The van der Waals surface area contributed by atoms with Gasteiger partial charge in [0.25, 0.3) is 0 Å². The van der Waals surface area contributed by atoms with Crippen LogP contribution in [0, 0.1) is 0 Å². The molecule has 0 aliphatic heterocycles. The summed E-state index contributed by atoms with van der Waals surface area (Å²) in [5.41, 5.74) is 2.95. The van der Waals surface area contributed by atoms with Gasteiger partial charge in [-0.15, -0.1) is 0 Å². The number of hydrogen-bond donors (Lipinski definition) is 0. The van der Waals surface area contributed by atoms with Crippen LogP contribution in [0.25, 0.3) is 11.6 Å². The third-order valence-electron chi connectivity index (χ3n) is 1.46. The number of aromatic nitrogens is 1. The zero-order valence-corrected chi connectivity index (χ0v) is 6.67. The molecule has 11 heavy (non-hydrogen) atoms. The maximum absolute atomic E-state index is 4.18. The highest BCUT2D eigenvalue weighted by Gasteiger charge is 1.98. The van der Waals surface area contributed by atoms with Crippen LogP contribution in [0.15, 0.2) is 31.5 Å². The molecule has 1 nitrogen and oxygen atoms in total. The molecule has 56 valence electrons. The standard InChI is InChI=1S/C10H11N/c1-4-9-6-5-7-11-10(9)8(2)3/h4-7H,1-2H2,3H3. The Labute approximate surface area is 67.1 Å². The van der Waals surface area contributed by atoms with Crippen LogP contribution in [0.5, 0.6) is 0 Å². The second-order valence-corrected chi connectivity index (χ2v) is 2.43. The van der Waals surface area contributed by atoms with E-state index in [2.05, 4.69) is 18.1 Å². The van der Waals surface area contributed by atoms with Crippen molar-refractivity contribution in [3.63, 3.8) is 0 Å². The van der Waals surface area contributed by atoms with Gasteiger partial charge >= 0.3 is 0 Å². The van der Waals surface area contributed by atoms with E-state index >= 15 is 0 Å². The van der Waals surface area contributed by atoms with Gasteiger partial charge in [-0.2, -0.15) is 0 Å². The molecule has 0 unspecified atom stereocenters. The smallest absolute Gasteiger partial charge is 0.0724 e. The van der Waals surface area contributed by atoms with Crippen LogP contribution >= 0.6 is 0 Å². The highest BCUT2D eigenvalue weighted by atomic mass is 14.7. The summed E-state index contributed by atoms with van der Waals surface area (Å²) in [7, 11) is 0. The van der Waals surface area contributed by atoms with Crippen molar-refractivity contribution < 1.29 is 0 Å². The SMILES string of the molecule is C=Cc1cccnc1C(=C)C. The lowest BCUT2D eigenvalue weighted by Gasteiger charge is -2.01. The second-order valence-electron chi connectivity index (χ2n) is 2.43. The molecule has 0 radical (unpaired) electrons. The first-order chi connectivity index (χ1) is 5.25. The van der Waals surface area contributed by atoms with Crippen molar-refractivity contribution in [2.24, 2.45) is 0 Å². The van der Waals surface area contributed by atoms with Crippen molar-refractivity contribution in [3.8, 4) is 0 Å². The summed E-state index contributed by atoms with van der Waals surface area (Å²) >= 11 is 0. The maximum Gasteiger partial charge on any atom is 0.0724 e. The Kier molecular flexibility index (Phi) is 2.21. The Bertz CT molecular complexity index is 287. The van der Waals surface area contributed by atoms with Crippen LogP contribution in [-0.4, -0.2) is 4.98 Å². The topological polar surface area (TPSA) is 12.9 Å². The van der Waals surface area contributed by atoms with Crippen molar-refractivity contribution in [2.45, 2.75) is 6.92 Å². The molecule has 1 rings (SSSR count). The van der Waals surface area contributed by atoms with Crippen molar-refractivity contribution in [1.82, 2.24) is 4.98 Å². The zero-order chi connectivity index (χ0) is 8.27. The predicted octanol–water partition coefficient (Wildman–Crippen LogP) is 2.76. The van der Waals surface area contributed by atoms with Gasteiger partial charge in [0.15, 0.2) is 0 Å². The van der Waals surface area contributed by atoms with E-state index in [1.165, 1.54) is 0 Å². The summed E-state index contributed by atoms with van der Waals surface area (Å²) in [6.45, 7) is 9.46. The van der Waals surface area contributed by atoms with E-state index in [-0.39, 0.29) is 0 Å². The maximum atomic E-state index is 4.18. The molecule has 0 atom stereocenters. The molecule has 0 aliphatic rings. The molecule has 0 aliphatic carbocycles. The summed E-state index contributed by atoms with van der Waals surface area (Å²) in [6, 6.07) is 3.87. The number of allylic oxidation sites excluding steroid dienone is 1. The Morgan fingerprint density at radius 3 is 2.82 bits per heavy atom. The summed E-state index contributed by atoms with van der Waals surface area (Å²) < 4.78 is 0. The summed E-state index contributed by atoms with van der Waals surface area (Å²) in [6.07, 6.45) is 3.55. The molecular formula is C10H11N. The summed E-state index contributed by atoms with van der Waals surface area (Å²) in [5, 5.41) is 0. The molecule has 0 bridgehead atoms. The number of pyridine rings is 1. The minimum Gasteiger partial charge on any atom is -0.256 e. The number of rotatable bonds is 2. The third kappa shape index (κ3) is 1.55. The van der Waals surface area contributed by atoms with Gasteiger partial charge in [0, 0.05) is 6.20 Å². The Balaban J connectivity index is 3.22. The average molecular weight is 145 g/mol. The molecule has 1 aromatic rings. The van der Waals surface area contributed by atoms with Crippen LogP contribution in [-0.2, 0) is 0 Å². The molecule has 0 spiro atoms.